The van der Waals surface area contributed by atoms with E-state index in [0.29, 0.717) is 6.92 Å². The Labute approximate surface area is 169 Å². The van der Waals surface area contributed by atoms with E-state index in [1.807, 2.05) is 0 Å². The van der Waals surface area contributed by atoms with Crippen LogP contribution < -0.4 is 9.47 Å². The second-order valence-corrected chi connectivity index (χ2v) is 5.53. The Morgan fingerprint density at radius 2 is 2.29 bits per heavy atom. The van der Waals surface area contributed by atoms with E-state index in [0.717, 1.165) is 12.1 Å². The van der Waals surface area contributed by atoms with Gasteiger partial charge in [0.2, 0.25) is 0 Å². The molecule has 24 heavy (non-hydrogen) atoms. The smallest absolute Gasteiger partial charge is 0.161 e. The number of methoxy groups -OCH3 is 2. The highest BCUT2D eigenvalue weighted by Gasteiger charge is 2.38. The predicted octanol–water partition coefficient (Wildman–Crippen LogP) is 3.63. The Hall–Kier alpha value is -1.55. The zero-order valence-corrected chi connectivity index (χ0v) is 13.0. The van der Waals surface area contributed by atoms with Crippen molar-refractivity contribution in [1.82, 2.24) is 4.90 Å². The fourth-order valence-electron chi connectivity index (χ4n) is 2.97. The Bertz CT molecular complexity index is 1190. The first-order valence-corrected chi connectivity index (χ1v) is 7.35. The lowest BCUT2D eigenvalue weighted by molar-refractivity contribution is -0.129. The van der Waals surface area contributed by atoms with Crippen molar-refractivity contribution in [2.45, 2.75) is 45.4 Å². The standard InChI is InChI=1S/C20H29NO3/c1-5-13(2)8-15-12-21-7-6-14-9-19(23-3)20(24-4)10-16(14)17(21)11-18(15)22/h9-10,13,15,17H,5-8,11-12H2,1-4H3/i2D3,3D3,4D3,5D2,8D2,11D2,13D,15D. The maximum atomic E-state index is 13.7. The van der Waals surface area contributed by atoms with E-state index in [1.165, 1.54) is 4.90 Å². The number of benzene rings is 1. The van der Waals surface area contributed by atoms with E-state index < -0.39 is 81.7 Å². The van der Waals surface area contributed by atoms with Crippen LogP contribution in [-0.4, -0.2) is 37.8 Å². The van der Waals surface area contributed by atoms with Crippen molar-refractivity contribution in [3.8, 4) is 11.5 Å². The third-order valence-electron chi connectivity index (χ3n) is 4.18. The molecule has 3 unspecified atom stereocenters. The largest absolute Gasteiger partial charge is 0.493 e. The minimum atomic E-state index is -3.76. The van der Waals surface area contributed by atoms with Crippen LogP contribution in [0.2, 0.25) is 0 Å². The summed E-state index contributed by atoms with van der Waals surface area (Å²) < 4.78 is 146. The topological polar surface area (TPSA) is 38.8 Å². The highest BCUT2D eigenvalue weighted by molar-refractivity contribution is 5.83. The number of fused-ring (bicyclic) bond motifs is 3. The van der Waals surface area contributed by atoms with Gasteiger partial charge in [0.15, 0.2) is 11.5 Å². The molecule has 4 heteroatoms. The fraction of sp³-hybridized carbons (Fsp3) is 0.650. The van der Waals surface area contributed by atoms with Crippen LogP contribution in [0.4, 0.5) is 0 Å². The molecule has 0 bridgehead atoms. The summed E-state index contributed by atoms with van der Waals surface area (Å²) in [5.41, 5.74) is 0.218. The molecule has 1 aromatic carbocycles. The quantitative estimate of drug-likeness (QED) is 0.814. The molecule has 0 spiro atoms. The molecule has 3 atom stereocenters. The first-order chi connectivity index (χ1) is 18.0. The van der Waals surface area contributed by atoms with Gasteiger partial charge in [0, 0.05) is 46.5 Å². The van der Waals surface area contributed by atoms with Crippen molar-refractivity contribution in [1.29, 1.82) is 0 Å². The molecule has 0 radical (unpaired) electrons. The zero-order valence-electron chi connectivity index (χ0n) is 30.0. The van der Waals surface area contributed by atoms with Crippen molar-refractivity contribution in [3.63, 3.8) is 0 Å². The van der Waals surface area contributed by atoms with Crippen LogP contribution in [0.1, 0.15) is 73.4 Å². The Balaban J connectivity index is 2.20. The minimum Gasteiger partial charge on any atom is -0.493 e. The molecule has 0 amide bonds. The van der Waals surface area contributed by atoms with Crippen LogP contribution in [-0.2, 0) is 11.2 Å². The third-order valence-corrected chi connectivity index (χ3v) is 4.18. The Morgan fingerprint density at radius 3 is 3.00 bits per heavy atom. The van der Waals surface area contributed by atoms with Crippen molar-refractivity contribution in [2.24, 2.45) is 11.8 Å². The minimum absolute atomic E-state index is 0.000481. The van der Waals surface area contributed by atoms with Crippen molar-refractivity contribution >= 4 is 5.78 Å². The summed E-state index contributed by atoms with van der Waals surface area (Å²) in [7, 11) is -6.10. The molecule has 1 aromatic rings. The van der Waals surface area contributed by atoms with Gasteiger partial charge in [-0.2, -0.15) is 0 Å². The molecule has 2 aliphatic heterocycles. The number of Topliss-reactive ketones (excluding diaryl/α,β-unsaturated/α-hetero) is 1. The molecule has 1 fully saturated rings. The first-order valence-electron chi connectivity index (χ1n) is 15.9. The maximum absolute atomic E-state index is 13.7. The van der Waals surface area contributed by atoms with E-state index in [1.54, 1.807) is 0 Å². The van der Waals surface area contributed by atoms with Gasteiger partial charge in [0.1, 0.15) is 5.78 Å². The Morgan fingerprint density at radius 1 is 1.50 bits per heavy atom. The molecule has 4 nitrogen and oxygen atoms in total. The zero-order chi connectivity index (χ0) is 32.0. The molecule has 3 rings (SSSR count). The number of ether oxygens (including phenoxy) is 2. The highest BCUT2D eigenvalue weighted by Crippen LogP contribution is 2.42. The lowest BCUT2D eigenvalue weighted by Gasteiger charge is -2.43. The van der Waals surface area contributed by atoms with Gasteiger partial charge < -0.3 is 9.47 Å². The van der Waals surface area contributed by atoms with E-state index in [-0.39, 0.29) is 24.1 Å². The summed E-state index contributed by atoms with van der Waals surface area (Å²) in [5, 5.41) is 0. The number of piperidine rings is 1. The van der Waals surface area contributed by atoms with Gasteiger partial charge in [-0.25, -0.2) is 0 Å². The molecular formula is C20H29NO3. The number of nitrogens with zero attached hydrogens (tertiary/aromatic N) is 1. The van der Waals surface area contributed by atoms with Gasteiger partial charge in [-0.15, -0.1) is 0 Å². The van der Waals surface area contributed by atoms with Crippen molar-refractivity contribution in [2.75, 3.05) is 27.2 Å². The fourth-order valence-corrected chi connectivity index (χ4v) is 2.97. The number of ketones is 1. The van der Waals surface area contributed by atoms with Crippen molar-refractivity contribution in [3.05, 3.63) is 23.3 Å². The molecule has 2 aliphatic rings. The lowest BCUT2D eigenvalue weighted by Crippen LogP contribution is -2.46. The van der Waals surface area contributed by atoms with Crippen LogP contribution in [0.25, 0.3) is 0 Å². The van der Waals surface area contributed by atoms with Crippen LogP contribution >= 0.6 is 0 Å². The summed E-state index contributed by atoms with van der Waals surface area (Å²) in [6, 6.07) is 0.551. The summed E-state index contributed by atoms with van der Waals surface area (Å²) in [6.07, 6.45) is -10.0. The van der Waals surface area contributed by atoms with E-state index in [4.69, 9.17) is 32.8 Å². The maximum Gasteiger partial charge on any atom is 0.161 e. The average molecular weight is 349 g/mol. The van der Waals surface area contributed by atoms with Gasteiger partial charge in [-0.3, -0.25) is 9.69 Å². The SMILES string of the molecule is [2H]C([2H])([2H])Oc1cc2c(cc1OC([2H])([2H])[2H])C1N(CC2)CC([2H])(C([2H])([2H])C([2H])(C([2H])([2H])[2H])C([2H])([2H])C)C(=O)C1([2H])[2H]. The summed E-state index contributed by atoms with van der Waals surface area (Å²) >= 11 is 0. The van der Waals surface area contributed by atoms with Crippen LogP contribution in [0.3, 0.4) is 0 Å². The number of hydrogen-bond donors (Lipinski definition) is 0. The summed E-state index contributed by atoms with van der Waals surface area (Å²) in [6.45, 7) is -4.12. The number of hydrogen-bond acceptors (Lipinski definition) is 4. The average Bonchev–Trinajstić information content (AvgIpc) is 2.73. The summed E-state index contributed by atoms with van der Waals surface area (Å²) in [5.74, 6) is -9.77. The molecular weight excluding hydrogens is 302 g/mol. The van der Waals surface area contributed by atoms with Gasteiger partial charge in [0.25, 0.3) is 0 Å². The lowest BCUT2D eigenvalue weighted by atomic mass is 9.79. The molecule has 2 heterocycles. The van der Waals surface area contributed by atoms with Gasteiger partial charge in [0.05, 0.1) is 22.3 Å². The molecule has 1 saturated heterocycles. The third kappa shape index (κ3) is 3.16. The van der Waals surface area contributed by atoms with Gasteiger partial charge in [-0.1, -0.05) is 20.1 Å². The van der Waals surface area contributed by atoms with Crippen molar-refractivity contribution < 1.29 is 37.6 Å². The second-order valence-electron chi connectivity index (χ2n) is 5.53. The van der Waals surface area contributed by atoms with Gasteiger partial charge in [-0.05, 0) is 41.9 Å². The highest BCUT2D eigenvalue weighted by atomic mass is 16.5. The molecule has 0 aliphatic carbocycles. The molecule has 0 N–H and O–H groups in total. The molecule has 0 saturated carbocycles. The number of carbonyl (C=O) groups is 1. The normalized spacial score (nSPS) is 44.6. The van der Waals surface area contributed by atoms with Crippen LogP contribution in [0.5, 0.6) is 11.5 Å². The number of carbonyl (C=O) groups excluding carboxylic acids is 1. The first kappa shape index (κ1) is 6.01. The van der Waals surface area contributed by atoms with Crippen LogP contribution in [0, 0.1) is 11.8 Å². The monoisotopic (exact) mass is 348 g/mol. The molecule has 0 aromatic heterocycles. The Kier molecular flexibility index (Phi) is 1.79. The van der Waals surface area contributed by atoms with E-state index in [9.17, 15) is 4.79 Å². The number of rotatable bonds is 5. The van der Waals surface area contributed by atoms with E-state index >= 15 is 0 Å². The predicted molar refractivity (Wildman–Crippen MR) is 94.8 cm³/mol. The van der Waals surface area contributed by atoms with Crippen LogP contribution in [0.15, 0.2) is 12.1 Å². The molecule has 132 valence electrons. The van der Waals surface area contributed by atoms with Gasteiger partial charge >= 0.3 is 0 Å². The second kappa shape index (κ2) is 7.14. The summed E-state index contributed by atoms with van der Waals surface area (Å²) in [4.78, 5) is 14.9. The van der Waals surface area contributed by atoms with E-state index in [2.05, 4.69) is 0 Å².